The molecule has 40 heavy (non-hydrogen) atoms. The molecule has 1 N–H and O–H groups in total. The molecule has 3 aromatic carbocycles. The number of nitrogens with zero attached hydrogens (tertiary/aromatic N) is 4. The molecule has 1 unspecified atom stereocenters. The lowest BCUT2D eigenvalue weighted by molar-refractivity contribution is -0.126. The Hall–Kier alpha value is -3.92. The van der Waals surface area contributed by atoms with Gasteiger partial charge in [-0.05, 0) is 54.3 Å². The number of imidazole rings is 1. The second kappa shape index (κ2) is 13.4. The maximum Gasteiger partial charge on any atom is 0.224 e. The van der Waals surface area contributed by atoms with Gasteiger partial charge >= 0.3 is 0 Å². The standard InChI is InChI=1S/C33H34ClN5O/c34-32-11-5-4-10-30(32)31(27-7-2-1-3-8-27)23-38-18-6-9-28(22-38)33(40)37-17-16-29-20-36-24-39(29)21-26-14-12-25(19-35)13-15-26/h1-5,7-8,10-15,20,24,28,31H,6,9,16-18,21-23H2,(H,37,40)/t28-,31?/m0/s1. The van der Waals surface area contributed by atoms with E-state index in [2.05, 4.69) is 56.2 Å². The SMILES string of the molecule is N#Cc1ccc(Cn2cncc2CCNC(=O)[C@H]2CCCN(CC(c3ccccc3)c3ccccc3Cl)C2)cc1. The Morgan fingerprint density at radius 2 is 1.85 bits per heavy atom. The maximum atomic E-state index is 13.2. The number of carbonyl (C=O) groups excluding carboxylic acids is 1. The van der Waals surface area contributed by atoms with Crippen LogP contribution in [0.2, 0.25) is 5.02 Å². The zero-order valence-electron chi connectivity index (χ0n) is 22.5. The summed E-state index contributed by atoms with van der Waals surface area (Å²) in [7, 11) is 0. The lowest BCUT2D eigenvalue weighted by Gasteiger charge is -2.35. The topological polar surface area (TPSA) is 74.0 Å². The van der Waals surface area contributed by atoms with Gasteiger partial charge in [0.2, 0.25) is 5.91 Å². The van der Waals surface area contributed by atoms with Gasteiger partial charge in [-0.2, -0.15) is 5.26 Å². The minimum absolute atomic E-state index is 0.0278. The molecule has 1 saturated heterocycles. The van der Waals surface area contributed by atoms with Crippen LogP contribution < -0.4 is 5.32 Å². The molecule has 0 bridgehead atoms. The summed E-state index contributed by atoms with van der Waals surface area (Å²) in [5, 5.41) is 13.0. The smallest absolute Gasteiger partial charge is 0.224 e. The predicted octanol–water partition coefficient (Wildman–Crippen LogP) is 5.66. The second-order valence-electron chi connectivity index (χ2n) is 10.4. The molecule has 1 fully saturated rings. The van der Waals surface area contributed by atoms with E-state index in [0.717, 1.165) is 54.3 Å². The number of halogens is 1. The summed E-state index contributed by atoms with van der Waals surface area (Å²) in [6.45, 7) is 3.80. The second-order valence-corrected chi connectivity index (χ2v) is 10.9. The maximum absolute atomic E-state index is 13.2. The van der Waals surface area contributed by atoms with Crippen LogP contribution in [0.25, 0.3) is 0 Å². The number of amides is 1. The molecule has 5 rings (SSSR count). The van der Waals surface area contributed by atoms with Crippen LogP contribution in [0.4, 0.5) is 0 Å². The summed E-state index contributed by atoms with van der Waals surface area (Å²) in [5.41, 5.74) is 5.19. The van der Waals surface area contributed by atoms with Crippen molar-refractivity contribution in [3.8, 4) is 6.07 Å². The van der Waals surface area contributed by atoms with E-state index in [1.807, 2.05) is 61.1 Å². The number of hydrogen-bond acceptors (Lipinski definition) is 4. The fraction of sp³-hybridized carbons (Fsp3) is 0.303. The summed E-state index contributed by atoms with van der Waals surface area (Å²) >= 11 is 6.63. The molecule has 0 spiro atoms. The van der Waals surface area contributed by atoms with Crippen molar-refractivity contribution in [3.63, 3.8) is 0 Å². The summed E-state index contributed by atoms with van der Waals surface area (Å²) in [6.07, 6.45) is 6.29. The van der Waals surface area contributed by atoms with Crippen molar-refractivity contribution in [2.45, 2.75) is 31.7 Å². The summed E-state index contributed by atoms with van der Waals surface area (Å²) in [4.78, 5) is 19.9. The molecule has 2 atom stereocenters. The lowest BCUT2D eigenvalue weighted by atomic mass is 9.89. The fourth-order valence-electron chi connectivity index (χ4n) is 5.56. The Labute approximate surface area is 241 Å². The van der Waals surface area contributed by atoms with E-state index in [1.165, 1.54) is 5.56 Å². The van der Waals surface area contributed by atoms with Crippen LogP contribution in [0.15, 0.2) is 91.4 Å². The van der Waals surface area contributed by atoms with Crippen molar-refractivity contribution < 1.29 is 4.79 Å². The van der Waals surface area contributed by atoms with Crippen LogP contribution in [0.3, 0.4) is 0 Å². The van der Waals surface area contributed by atoms with Gasteiger partial charge in [0.15, 0.2) is 0 Å². The largest absolute Gasteiger partial charge is 0.355 e. The molecule has 1 aromatic heterocycles. The molecular formula is C33H34ClN5O. The van der Waals surface area contributed by atoms with E-state index in [9.17, 15) is 4.79 Å². The highest BCUT2D eigenvalue weighted by Crippen LogP contribution is 2.32. The normalized spacial score (nSPS) is 16.2. The summed E-state index contributed by atoms with van der Waals surface area (Å²) < 4.78 is 2.09. The summed E-state index contributed by atoms with van der Waals surface area (Å²) in [6, 6.07) is 28.3. The van der Waals surface area contributed by atoms with E-state index in [4.69, 9.17) is 16.9 Å². The molecule has 1 aliphatic heterocycles. The number of nitrogens with one attached hydrogen (secondary N) is 1. The number of nitriles is 1. The van der Waals surface area contributed by atoms with Crippen LogP contribution in [-0.2, 0) is 17.8 Å². The van der Waals surface area contributed by atoms with Crippen LogP contribution in [0.1, 0.15) is 46.7 Å². The molecule has 6 nitrogen and oxygen atoms in total. The first-order valence-electron chi connectivity index (χ1n) is 13.9. The Balaban J connectivity index is 1.16. The van der Waals surface area contributed by atoms with Gasteiger partial charge in [-0.1, -0.05) is 72.3 Å². The Kier molecular flexibility index (Phi) is 9.28. The predicted molar refractivity (Wildman–Crippen MR) is 158 cm³/mol. The molecule has 4 aromatic rings. The monoisotopic (exact) mass is 551 g/mol. The zero-order valence-corrected chi connectivity index (χ0v) is 23.3. The molecule has 0 radical (unpaired) electrons. The third-order valence-electron chi connectivity index (χ3n) is 7.71. The molecule has 204 valence electrons. The van der Waals surface area contributed by atoms with E-state index in [-0.39, 0.29) is 17.7 Å². The van der Waals surface area contributed by atoms with E-state index >= 15 is 0 Å². The van der Waals surface area contributed by atoms with Crippen LogP contribution in [-0.4, -0.2) is 46.5 Å². The van der Waals surface area contributed by atoms with Crippen molar-refractivity contribution in [1.82, 2.24) is 19.8 Å². The summed E-state index contributed by atoms with van der Waals surface area (Å²) in [5.74, 6) is 0.241. The van der Waals surface area contributed by atoms with Gasteiger partial charge in [-0.15, -0.1) is 0 Å². The minimum atomic E-state index is -0.0278. The van der Waals surface area contributed by atoms with Crippen LogP contribution >= 0.6 is 11.6 Å². The first kappa shape index (κ1) is 27.6. The van der Waals surface area contributed by atoms with Crippen molar-refractivity contribution >= 4 is 17.5 Å². The van der Waals surface area contributed by atoms with E-state index < -0.39 is 0 Å². The van der Waals surface area contributed by atoms with Gasteiger partial charge < -0.3 is 14.8 Å². The van der Waals surface area contributed by atoms with E-state index in [1.54, 1.807) is 0 Å². The van der Waals surface area contributed by atoms with Crippen LogP contribution in [0, 0.1) is 17.2 Å². The quantitative estimate of drug-likeness (QED) is 0.276. The Morgan fingerprint density at radius 3 is 2.62 bits per heavy atom. The first-order valence-corrected chi connectivity index (χ1v) is 14.3. The van der Waals surface area contributed by atoms with Gasteiger partial charge in [-0.25, -0.2) is 4.98 Å². The van der Waals surface area contributed by atoms with Gasteiger partial charge in [-0.3, -0.25) is 4.79 Å². The number of hydrogen-bond donors (Lipinski definition) is 1. The Morgan fingerprint density at radius 1 is 1.07 bits per heavy atom. The number of rotatable bonds is 10. The molecule has 0 aliphatic carbocycles. The molecule has 7 heteroatoms. The van der Waals surface area contributed by atoms with Crippen molar-refractivity contribution in [2.75, 3.05) is 26.2 Å². The van der Waals surface area contributed by atoms with Gasteiger partial charge in [0.05, 0.1) is 23.9 Å². The number of carbonyl (C=O) groups is 1. The van der Waals surface area contributed by atoms with Gasteiger partial charge in [0.25, 0.3) is 0 Å². The fourth-order valence-corrected chi connectivity index (χ4v) is 5.83. The van der Waals surface area contributed by atoms with Gasteiger partial charge in [0, 0.05) is 55.4 Å². The van der Waals surface area contributed by atoms with Crippen LogP contribution in [0.5, 0.6) is 0 Å². The highest BCUT2D eigenvalue weighted by molar-refractivity contribution is 6.31. The van der Waals surface area contributed by atoms with Crippen molar-refractivity contribution in [2.24, 2.45) is 5.92 Å². The Bertz CT molecular complexity index is 1440. The van der Waals surface area contributed by atoms with E-state index in [0.29, 0.717) is 25.1 Å². The van der Waals surface area contributed by atoms with Gasteiger partial charge in [0.1, 0.15) is 0 Å². The lowest BCUT2D eigenvalue weighted by Crippen LogP contribution is -2.44. The number of piperidine rings is 1. The number of benzene rings is 3. The number of likely N-dealkylation sites (tertiary alicyclic amines) is 1. The highest BCUT2D eigenvalue weighted by Gasteiger charge is 2.28. The third-order valence-corrected chi connectivity index (χ3v) is 8.06. The average molecular weight is 552 g/mol. The molecular weight excluding hydrogens is 518 g/mol. The van der Waals surface area contributed by atoms with Crippen molar-refractivity contribution in [1.29, 1.82) is 5.26 Å². The zero-order chi connectivity index (χ0) is 27.7. The molecule has 1 amide bonds. The van der Waals surface area contributed by atoms with Crippen molar-refractivity contribution in [3.05, 3.63) is 124 Å². The number of aromatic nitrogens is 2. The first-order chi connectivity index (χ1) is 19.6. The molecule has 2 heterocycles. The molecule has 1 aliphatic rings. The molecule has 0 saturated carbocycles. The average Bonchev–Trinajstić information content (AvgIpc) is 3.44. The minimum Gasteiger partial charge on any atom is -0.355 e. The highest BCUT2D eigenvalue weighted by atomic mass is 35.5. The third kappa shape index (κ3) is 6.98.